The van der Waals surface area contributed by atoms with Crippen LogP contribution in [0.15, 0.2) is 21.5 Å². The van der Waals surface area contributed by atoms with Crippen molar-refractivity contribution in [3.05, 3.63) is 22.2 Å². The Labute approximate surface area is 158 Å². The number of halogens is 1. The van der Waals surface area contributed by atoms with Gasteiger partial charge in [-0.2, -0.15) is 0 Å². The van der Waals surface area contributed by atoms with Gasteiger partial charge in [-0.25, -0.2) is 13.1 Å². The van der Waals surface area contributed by atoms with E-state index < -0.39 is 10.0 Å². The van der Waals surface area contributed by atoms with E-state index in [0.717, 1.165) is 12.0 Å². The number of carbonyl (C=O) groups is 1. The molecular formula is C17H25BrN2O4S. The number of fused-ring (bicyclic) bond motifs is 1. The van der Waals surface area contributed by atoms with Gasteiger partial charge in [0, 0.05) is 36.3 Å². The molecule has 0 saturated carbocycles. The van der Waals surface area contributed by atoms with Gasteiger partial charge in [-0.05, 0) is 60.3 Å². The van der Waals surface area contributed by atoms with Gasteiger partial charge in [-0.3, -0.25) is 4.79 Å². The van der Waals surface area contributed by atoms with Crippen molar-refractivity contribution >= 4 is 37.5 Å². The van der Waals surface area contributed by atoms with Gasteiger partial charge in [0.1, 0.15) is 0 Å². The van der Waals surface area contributed by atoms with Crippen LogP contribution in [0.1, 0.15) is 39.2 Å². The maximum Gasteiger partial charge on any atom is 0.241 e. The maximum atomic E-state index is 12.6. The Kier molecular flexibility index (Phi) is 7.01. The fourth-order valence-corrected chi connectivity index (χ4v) is 4.90. The molecule has 1 amide bonds. The minimum atomic E-state index is -3.66. The van der Waals surface area contributed by atoms with Crippen LogP contribution in [0, 0.1) is 0 Å². The molecular weight excluding hydrogens is 408 g/mol. The van der Waals surface area contributed by atoms with Crippen LogP contribution in [0.25, 0.3) is 0 Å². The second kappa shape index (κ2) is 8.62. The average molecular weight is 433 g/mol. The summed E-state index contributed by atoms with van der Waals surface area (Å²) in [6.07, 6.45) is 1.86. The standard InChI is InChI=1S/C17H25BrN2O4S/c1-4-17(21)20-8-6-13-10-14(18)16(11-15(13)20)25(22,23)19-7-5-9-24-12(2)3/h10-12,19H,4-9H2,1-3H3. The van der Waals surface area contributed by atoms with Gasteiger partial charge in [-0.1, -0.05) is 6.92 Å². The van der Waals surface area contributed by atoms with Crippen LogP contribution in [0.5, 0.6) is 0 Å². The second-order valence-electron chi connectivity index (χ2n) is 6.23. The summed E-state index contributed by atoms with van der Waals surface area (Å²) in [5, 5.41) is 0. The van der Waals surface area contributed by atoms with Gasteiger partial charge in [-0.15, -0.1) is 0 Å². The summed E-state index contributed by atoms with van der Waals surface area (Å²) >= 11 is 3.35. The fourth-order valence-electron chi connectivity index (χ4n) is 2.72. The number of amides is 1. The van der Waals surface area contributed by atoms with E-state index in [0.29, 0.717) is 42.7 Å². The second-order valence-corrected chi connectivity index (χ2v) is 8.82. The molecule has 140 valence electrons. The van der Waals surface area contributed by atoms with E-state index in [2.05, 4.69) is 20.7 Å². The molecule has 0 spiro atoms. The molecule has 0 fully saturated rings. The quantitative estimate of drug-likeness (QED) is 0.640. The zero-order chi connectivity index (χ0) is 18.6. The van der Waals surface area contributed by atoms with Gasteiger partial charge >= 0.3 is 0 Å². The highest BCUT2D eigenvalue weighted by atomic mass is 79.9. The molecule has 0 radical (unpaired) electrons. The van der Waals surface area contributed by atoms with E-state index >= 15 is 0 Å². The number of rotatable bonds is 8. The predicted molar refractivity (Wildman–Crippen MR) is 101 cm³/mol. The summed E-state index contributed by atoms with van der Waals surface area (Å²) in [5.74, 6) is 0.00298. The van der Waals surface area contributed by atoms with Crippen LogP contribution in [-0.2, 0) is 26.0 Å². The third-order valence-electron chi connectivity index (χ3n) is 3.99. The largest absolute Gasteiger partial charge is 0.379 e. The lowest BCUT2D eigenvalue weighted by Gasteiger charge is -2.18. The number of hydrogen-bond acceptors (Lipinski definition) is 4. The highest BCUT2D eigenvalue weighted by Crippen LogP contribution is 2.35. The Morgan fingerprint density at radius 3 is 2.76 bits per heavy atom. The van der Waals surface area contributed by atoms with Gasteiger partial charge < -0.3 is 9.64 Å². The highest BCUT2D eigenvalue weighted by Gasteiger charge is 2.28. The Hall–Kier alpha value is -0.960. The number of carbonyl (C=O) groups excluding carboxylic acids is 1. The molecule has 1 aromatic carbocycles. The molecule has 1 aromatic rings. The van der Waals surface area contributed by atoms with E-state index in [1.807, 2.05) is 13.8 Å². The highest BCUT2D eigenvalue weighted by molar-refractivity contribution is 9.10. The van der Waals surface area contributed by atoms with Crippen molar-refractivity contribution in [3.8, 4) is 0 Å². The number of nitrogens with zero attached hydrogens (tertiary/aromatic N) is 1. The van der Waals surface area contributed by atoms with Crippen molar-refractivity contribution in [1.82, 2.24) is 4.72 Å². The zero-order valence-electron chi connectivity index (χ0n) is 14.8. The Morgan fingerprint density at radius 1 is 1.40 bits per heavy atom. The number of ether oxygens (including phenoxy) is 1. The van der Waals surface area contributed by atoms with E-state index in [4.69, 9.17) is 4.74 Å². The van der Waals surface area contributed by atoms with Crippen LogP contribution in [0.2, 0.25) is 0 Å². The summed E-state index contributed by atoms with van der Waals surface area (Å²) in [4.78, 5) is 13.9. The van der Waals surface area contributed by atoms with Crippen LogP contribution in [-0.4, -0.2) is 40.1 Å². The first kappa shape index (κ1) is 20.4. The number of sulfonamides is 1. The minimum Gasteiger partial charge on any atom is -0.379 e. The van der Waals surface area contributed by atoms with E-state index in [-0.39, 0.29) is 16.9 Å². The first-order chi connectivity index (χ1) is 11.8. The molecule has 0 aromatic heterocycles. The topological polar surface area (TPSA) is 75.7 Å². The Balaban J connectivity index is 2.14. The summed E-state index contributed by atoms with van der Waals surface area (Å²) in [6.45, 7) is 7.08. The van der Waals surface area contributed by atoms with Crippen molar-refractivity contribution in [2.75, 3.05) is 24.6 Å². The molecule has 0 aliphatic carbocycles. The van der Waals surface area contributed by atoms with E-state index in [1.54, 1.807) is 24.0 Å². The minimum absolute atomic E-state index is 0.00298. The summed E-state index contributed by atoms with van der Waals surface area (Å²) in [6, 6.07) is 3.39. The third-order valence-corrected chi connectivity index (χ3v) is 6.41. The number of nitrogens with one attached hydrogen (secondary N) is 1. The summed E-state index contributed by atoms with van der Waals surface area (Å²) in [5.41, 5.74) is 1.68. The molecule has 1 heterocycles. The smallest absolute Gasteiger partial charge is 0.241 e. The molecule has 1 N–H and O–H groups in total. The van der Waals surface area contributed by atoms with Crippen LogP contribution >= 0.6 is 15.9 Å². The average Bonchev–Trinajstić information content (AvgIpc) is 2.95. The van der Waals surface area contributed by atoms with Crippen molar-refractivity contribution in [2.45, 2.75) is 51.0 Å². The lowest BCUT2D eigenvalue weighted by molar-refractivity contribution is -0.118. The molecule has 0 unspecified atom stereocenters. The molecule has 1 aliphatic heterocycles. The van der Waals surface area contributed by atoms with Crippen LogP contribution < -0.4 is 9.62 Å². The van der Waals surface area contributed by atoms with Crippen LogP contribution in [0.3, 0.4) is 0 Å². The fraction of sp³-hybridized carbons (Fsp3) is 0.588. The van der Waals surface area contributed by atoms with Crippen molar-refractivity contribution in [1.29, 1.82) is 0 Å². The maximum absolute atomic E-state index is 12.6. The zero-order valence-corrected chi connectivity index (χ0v) is 17.2. The Morgan fingerprint density at radius 2 is 2.12 bits per heavy atom. The number of anilines is 1. The third kappa shape index (κ3) is 5.03. The van der Waals surface area contributed by atoms with E-state index in [9.17, 15) is 13.2 Å². The monoisotopic (exact) mass is 432 g/mol. The molecule has 2 rings (SSSR count). The molecule has 25 heavy (non-hydrogen) atoms. The molecule has 1 aliphatic rings. The first-order valence-corrected chi connectivity index (χ1v) is 10.8. The van der Waals surface area contributed by atoms with Crippen LogP contribution in [0.4, 0.5) is 5.69 Å². The normalized spacial score (nSPS) is 14.2. The SMILES string of the molecule is CCC(=O)N1CCc2cc(Br)c(S(=O)(=O)NCCCOC(C)C)cc21. The van der Waals surface area contributed by atoms with Crippen molar-refractivity contribution in [2.24, 2.45) is 0 Å². The molecule has 8 heteroatoms. The first-order valence-electron chi connectivity index (χ1n) is 8.50. The summed E-state index contributed by atoms with van der Waals surface area (Å²) in [7, 11) is -3.66. The molecule has 0 saturated heterocycles. The lowest BCUT2D eigenvalue weighted by atomic mass is 10.2. The number of hydrogen-bond donors (Lipinski definition) is 1. The van der Waals surface area contributed by atoms with Gasteiger partial charge in [0.15, 0.2) is 0 Å². The lowest BCUT2D eigenvalue weighted by Crippen LogP contribution is -2.29. The van der Waals surface area contributed by atoms with Crippen molar-refractivity contribution < 1.29 is 17.9 Å². The number of benzene rings is 1. The summed E-state index contributed by atoms with van der Waals surface area (Å²) < 4.78 is 33.7. The predicted octanol–water partition coefficient (Wildman–Crippen LogP) is 2.84. The van der Waals surface area contributed by atoms with Gasteiger partial charge in [0.05, 0.1) is 11.0 Å². The molecule has 6 nitrogen and oxygen atoms in total. The van der Waals surface area contributed by atoms with Gasteiger partial charge in [0.2, 0.25) is 15.9 Å². The Bertz CT molecular complexity index is 734. The van der Waals surface area contributed by atoms with Crippen molar-refractivity contribution in [3.63, 3.8) is 0 Å². The van der Waals surface area contributed by atoms with E-state index in [1.165, 1.54) is 0 Å². The molecule has 0 atom stereocenters. The molecule has 0 bridgehead atoms. The van der Waals surface area contributed by atoms with Gasteiger partial charge in [0.25, 0.3) is 0 Å².